The summed E-state index contributed by atoms with van der Waals surface area (Å²) < 4.78 is 10.5. The van der Waals surface area contributed by atoms with Gasteiger partial charge in [0.05, 0.1) is 12.2 Å². The highest BCUT2D eigenvalue weighted by Crippen LogP contribution is 2.21. The minimum absolute atomic E-state index is 0.132. The number of ether oxygens (including phenoxy) is 2. The summed E-state index contributed by atoms with van der Waals surface area (Å²) in [5.74, 6) is 1.14. The molecule has 0 spiro atoms. The van der Waals surface area contributed by atoms with E-state index in [0.29, 0.717) is 36.9 Å². The Bertz CT molecular complexity index is 358. The molecule has 0 heterocycles. The summed E-state index contributed by atoms with van der Waals surface area (Å²) in [6.07, 6.45) is 0.546. The second-order valence-electron chi connectivity index (χ2n) is 4.36. The minimum atomic E-state index is 0.132. The standard InChI is InChI=1S/C14H20O3/c1-11(2)10-13(15)12-6-4-5-7-14(12)17-9-8-16-3/h4-7,11H,8-10H2,1-3H3. The van der Waals surface area contributed by atoms with Gasteiger partial charge in [0.1, 0.15) is 12.4 Å². The molecule has 1 aromatic rings. The number of benzene rings is 1. The average molecular weight is 236 g/mol. The Morgan fingerprint density at radius 2 is 1.94 bits per heavy atom. The van der Waals surface area contributed by atoms with E-state index in [4.69, 9.17) is 9.47 Å². The van der Waals surface area contributed by atoms with E-state index in [1.807, 2.05) is 38.1 Å². The maximum atomic E-state index is 12.0. The maximum absolute atomic E-state index is 12.0. The van der Waals surface area contributed by atoms with E-state index in [9.17, 15) is 4.79 Å². The van der Waals surface area contributed by atoms with Gasteiger partial charge in [-0.25, -0.2) is 0 Å². The Hall–Kier alpha value is -1.35. The first-order valence-corrected chi connectivity index (χ1v) is 5.89. The summed E-state index contributed by atoms with van der Waals surface area (Å²) in [6, 6.07) is 7.36. The summed E-state index contributed by atoms with van der Waals surface area (Å²) >= 11 is 0. The van der Waals surface area contributed by atoms with E-state index >= 15 is 0 Å². The fraction of sp³-hybridized carbons (Fsp3) is 0.500. The van der Waals surface area contributed by atoms with Crippen molar-refractivity contribution in [3.63, 3.8) is 0 Å². The summed E-state index contributed by atoms with van der Waals surface area (Å²) in [5.41, 5.74) is 0.664. The molecule has 0 aromatic heterocycles. The van der Waals surface area contributed by atoms with Crippen molar-refractivity contribution in [3.05, 3.63) is 29.8 Å². The SMILES string of the molecule is COCCOc1ccccc1C(=O)CC(C)C. The van der Waals surface area contributed by atoms with Crippen molar-refractivity contribution in [1.29, 1.82) is 0 Å². The molecule has 0 saturated carbocycles. The molecule has 0 saturated heterocycles. The first kappa shape index (κ1) is 13.7. The molecule has 0 radical (unpaired) electrons. The molecule has 0 aliphatic carbocycles. The van der Waals surface area contributed by atoms with Gasteiger partial charge in [-0.3, -0.25) is 4.79 Å². The van der Waals surface area contributed by atoms with Crippen molar-refractivity contribution in [1.82, 2.24) is 0 Å². The predicted octanol–water partition coefficient (Wildman–Crippen LogP) is 2.94. The van der Waals surface area contributed by atoms with E-state index in [1.165, 1.54) is 0 Å². The monoisotopic (exact) mass is 236 g/mol. The highest BCUT2D eigenvalue weighted by Gasteiger charge is 2.13. The highest BCUT2D eigenvalue weighted by atomic mass is 16.5. The summed E-state index contributed by atoms with van der Waals surface area (Å²) in [4.78, 5) is 12.0. The molecule has 3 heteroatoms. The Morgan fingerprint density at radius 1 is 1.24 bits per heavy atom. The van der Waals surface area contributed by atoms with Crippen LogP contribution in [0.4, 0.5) is 0 Å². The topological polar surface area (TPSA) is 35.5 Å². The van der Waals surface area contributed by atoms with E-state index in [2.05, 4.69) is 0 Å². The number of carbonyl (C=O) groups is 1. The molecular weight excluding hydrogens is 216 g/mol. The van der Waals surface area contributed by atoms with Crippen LogP contribution in [0.15, 0.2) is 24.3 Å². The molecule has 0 aliphatic rings. The van der Waals surface area contributed by atoms with Gasteiger partial charge in [-0.15, -0.1) is 0 Å². The summed E-state index contributed by atoms with van der Waals surface area (Å²) in [7, 11) is 1.62. The molecule has 0 amide bonds. The third-order valence-electron chi connectivity index (χ3n) is 2.33. The Kier molecular flexibility index (Phi) is 5.70. The van der Waals surface area contributed by atoms with Crippen molar-refractivity contribution in [2.75, 3.05) is 20.3 Å². The zero-order valence-electron chi connectivity index (χ0n) is 10.7. The van der Waals surface area contributed by atoms with E-state index in [0.717, 1.165) is 0 Å². The first-order chi connectivity index (χ1) is 8.15. The fourth-order valence-electron chi connectivity index (χ4n) is 1.54. The molecule has 17 heavy (non-hydrogen) atoms. The molecule has 0 bridgehead atoms. The van der Waals surface area contributed by atoms with Gasteiger partial charge in [0.15, 0.2) is 5.78 Å². The van der Waals surface area contributed by atoms with E-state index in [1.54, 1.807) is 7.11 Å². The Balaban J connectivity index is 2.73. The van der Waals surface area contributed by atoms with Crippen LogP contribution in [0.25, 0.3) is 0 Å². The molecule has 1 rings (SSSR count). The highest BCUT2D eigenvalue weighted by molar-refractivity contribution is 5.98. The average Bonchev–Trinajstić information content (AvgIpc) is 2.29. The fourth-order valence-corrected chi connectivity index (χ4v) is 1.54. The van der Waals surface area contributed by atoms with Gasteiger partial charge < -0.3 is 9.47 Å². The van der Waals surface area contributed by atoms with Crippen molar-refractivity contribution in [2.24, 2.45) is 5.92 Å². The van der Waals surface area contributed by atoms with Crippen LogP contribution in [0.5, 0.6) is 5.75 Å². The number of ketones is 1. The number of hydrogen-bond donors (Lipinski definition) is 0. The second-order valence-corrected chi connectivity index (χ2v) is 4.36. The van der Waals surface area contributed by atoms with Gasteiger partial charge in [-0.05, 0) is 18.1 Å². The molecular formula is C14H20O3. The Morgan fingerprint density at radius 3 is 2.59 bits per heavy atom. The lowest BCUT2D eigenvalue weighted by atomic mass is 10.0. The number of para-hydroxylation sites is 1. The van der Waals surface area contributed by atoms with Gasteiger partial charge in [-0.2, -0.15) is 0 Å². The third-order valence-corrected chi connectivity index (χ3v) is 2.33. The van der Waals surface area contributed by atoms with Gasteiger partial charge in [0.25, 0.3) is 0 Å². The van der Waals surface area contributed by atoms with Crippen molar-refractivity contribution >= 4 is 5.78 Å². The van der Waals surface area contributed by atoms with E-state index in [-0.39, 0.29) is 5.78 Å². The van der Waals surface area contributed by atoms with Crippen LogP contribution in [-0.4, -0.2) is 26.1 Å². The van der Waals surface area contributed by atoms with Gasteiger partial charge in [-0.1, -0.05) is 26.0 Å². The number of Topliss-reactive ketones (excluding diaryl/α,β-unsaturated/α-hetero) is 1. The lowest BCUT2D eigenvalue weighted by Gasteiger charge is -2.11. The van der Waals surface area contributed by atoms with Crippen LogP contribution in [0.3, 0.4) is 0 Å². The molecule has 0 fully saturated rings. The van der Waals surface area contributed by atoms with Crippen LogP contribution in [-0.2, 0) is 4.74 Å². The van der Waals surface area contributed by atoms with E-state index < -0.39 is 0 Å². The lowest BCUT2D eigenvalue weighted by Crippen LogP contribution is -2.09. The number of rotatable bonds is 7. The lowest BCUT2D eigenvalue weighted by molar-refractivity contribution is 0.0960. The second kappa shape index (κ2) is 7.07. The number of hydrogen-bond acceptors (Lipinski definition) is 3. The van der Waals surface area contributed by atoms with Crippen LogP contribution in [0, 0.1) is 5.92 Å². The van der Waals surface area contributed by atoms with Gasteiger partial charge >= 0.3 is 0 Å². The normalized spacial score (nSPS) is 10.6. The molecule has 0 N–H and O–H groups in total. The summed E-state index contributed by atoms with van der Waals surface area (Å²) in [5, 5.41) is 0. The van der Waals surface area contributed by atoms with Crippen LogP contribution in [0.2, 0.25) is 0 Å². The molecule has 3 nitrogen and oxygen atoms in total. The third kappa shape index (κ3) is 4.57. The number of carbonyl (C=O) groups excluding carboxylic acids is 1. The zero-order valence-corrected chi connectivity index (χ0v) is 10.7. The predicted molar refractivity (Wildman–Crippen MR) is 67.6 cm³/mol. The van der Waals surface area contributed by atoms with Crippen LogP contribution < -0.4 is 4.74 Å². The minimum Gasteiger partial charge on any atom is -0.490 e. The molecule has 94 valence electrons. The van der Waals surface area contributed by atoms with Crippen molar-refractivity contribution < 1.29 is 14.3 Å². The Labute approximate surface area is 103 Å². The number of methoxy groups -OCH3 is 1. The van der Waals surface area contributed by atoms with Gasteiger partial charge in [0, 0.05) is 13.5 Å². The van der Waals surface area contributed by atoms with Crippen LogP contribution in [0.1, 0.15) is 30.6 Å². The zero-order chi connectivity index (χ0) is 12.7. The maximum Gasteiger partial charge on any atom is 0.166 e. The molecule has 0 atom stereocenters. The van der Waals surface area contributed by atoms with Gasteiger partial charge in [0.2, 0.25) is 0 Å². The molecule has 1 aromatic carbocycles. The largest absolute Gasteiger partial charge is 0.490 e. The van der Waals surface area contributed by atoms with Crippen molar-refractivity contribution in [3.8, 4) is 5.75 Å². The first-order valence-electron chi connectivity index (χ1n) is 5.89. The van der Waals surface area contributed by atoms with Crippen molar-refractivity contribution in [2.45, 2.75) is 20.3 Å². The molecule has 0 aliphatic heterocycles. The summed E-state index contributed by atoms with van der Waals surface area (Å²) in [6.45, 7) is 5.05. The quantitative estimate of drug-likeness (QED) is 0.539. The molecule has 0 unspecified atom stereocenters. The smallest absolute Gasteiger partial charge is 0.166 e. The van der Waals surface area contributed by atoms with Crippen LogP contribution >= 0.6 is 0 Å².